The molecule has 11 nitrogen and oxygen atoms in total. The number of benzene rings is 3. The Bertz CT molecular complexity index is 2100. The number of ether oxygens (including phenoxy) is 2. The summed E-state index contributed by atoms with van der Waals surface area (Å²) in [6, 6.07) is 26.0. The number of hydrogen-bond donors (Lipinski definition) is 1. The maximum absolute atomic E-state index is 14.0. The molecule has 7 rings (SSSR count). The van der Waals surface area contributed by atoms with Gasteiger partial charge >= 0.3 is 6.01 Å². The Morgan fingerprint density at radius 1 is 0.935 bits per heavy atom. The van der Waals surface area contributed by atoms with Crippen LogP contribution in [0.2, 0.25) is 0 Å². The van der Waals surface area contributed by atoms with E-state index in [2.05, 4.69) is 20.4 Å². The predicted octanol–water partition coefficient (Wildman–Crippen LogP) is 5.76. The Morgan fingerprint density at radius 3 is 2.48 bits per heavy atom. The van der Waals surface area contributed by atoms with Crippen LogP contribution in [-0.2, 0) is 21.3 Å². The molecule has 0 spiro atoms. The second-order valence-electron chi connectivity index (χ2n) is 11.0. The van der Waals surface area contributed by atoms with E-state index >= 15 is 0 Å². The lowest BCUT2D eigenvalue weighted by molar-refractivity contribution is 0.122. The molecule has 46 heavy (non-hydrogen) atoms. The zero-order valence-corrected chi connectivity index (χ0v) is 26.2. The summed E-state index contributed by atoms with van der Waals surface area (Å²) in [4.78, 5) is 7.33. The third-order valence-electron chi connectivity index (χ3n) is 7.97. The molecule has 1 fully saturated rings. The first-order chi connectivity index (χ1) is 22.4. The number of fused-ring (bicyclic) bond motifs is 1. The lowest BCUT2D eigenvalue weighted by Crippen LogP contribution is -2.36. The van der Waals surface area contributed by atoms with Gasteiger partial charge in [-0.25, -0.2) is 17.4 Å². The van der Waals surface area contributed by atoms with Crippen molar-refractivity contribution in [3.8, 4) is 28.5 Å². The molecule has 6 aromatic rings. The number of pyridine rings is 1. The van der Waals surface area contributed by atoms with E-state index in [1.807, 2.05) is 55.5 Å². The van der Waals surface area contributed by atoms with Gasteiger partial charge in [0.25, 0.3) is 10.0 Å². The third-order valence-corrected chi connectivity index (χ3v) is 9.66. The Labute approximate surface area is 266 Å². The topological polar surface area (TPSA) is 125 Å². The number of aryl methyl sites for hydroxylation is 1. The van der Waals surface area contributed by atoms with E-state index < -0.39 is 10.0 Å². The third kappa shape index (κ3) is 5.80. The van der Waals surface area contributed by atoms with Crippen molar-refractivity contribution < 1.29 is 22.3 Å². The van der Waals surface area contributed by atoms with E-state index in [1.54, 1.807) is 49.7 Å². The van der Waals surface area contributed by atoms with Crippen LogP contribution in [0.25, 0.3) is 33.6 Å². The molecule has 234 valence electrons. The number of anilines is 2. The van der Waals surface area contributed by atoms with Gasteiger partial charge in [-0.05, 0) is 67.1 Å². The van der Waals surface area contributed by atoms with Crippen molar-refractivity contribution in [2.75, 3.05) is 43.6 Å². The summed E-state index contributed by atoms with van der Waals surface area (Å²) in [6.07, 6.45) is 1.64. The fourth-order valence-corrected chi connectivity index (χ4v) is 6.80. The van der Waals surface area contributed by atoms with Gasteiger partial charge in [-0.2, -0.15) is 0 Å². The normalized spacial score (nSPS) is 13.7. The van der Waals surface area contributed by atoms with Gasteiger partial charge < -0.3 is 24.1 Å². The summed E-state index contributed by atoms with van der Waals surface area (Å²) in [5.74, 6) is 1.89. The molecule has 0 radical (unpaired) electrons. The molecular formula is C34H32N6O5S. The Kier molecular flexibility index (Phi) is 7.89. The van der Waals surface area contributed by atoms with Crippen molar-refractivity contribution in [3.63, 3.8) is 0 Å². The molecule has 1 aliphatic rings. The van der Waals surface area contributed by atoms with E-state index in [1.165, 1.54) is 3.97 Å². The minimum absolute atomic E-state index is 0.199. The van der Waals surface area contributed by atoms with Gasteiger partial charge in [-0.1, -0.05) is 41.0 Å². The minimum atomic E-state index is -3.92. The van der Waals surface area contributed by atoms with Crippen LogP contribution in [0.4, 0.5) is 11.8 Å². The first-order valence-electron chi connectivity index (χ1n) is 14.9. The second kappa shape index (κ2) is 12.3. The molecule has 4 heterocycles. The first kappa shape index (κ1) is 29.5. The summed E-state index contributed by atoms with van der Waals surface area (Å²) in [6.45, 7) is 5.13. The highest BCUT2D eigenvalue weighted by molar-refractivity contribution is 7.90. The molecule has 1 aliphatic heterocycles. The molecule has 0 atom stereocenters. The van der Waals surface area contributed by atoms with Crippen LogP contribution in [0.1, 0.15) is 11.1 Å². The largest absolute Gasteiger partial charge is 0.497 e. The number of hydrogen-bond acceptors (Lipinski definition) is 10. The van der Waals surface area contributed by atoms with E-state index in [0.717, 1.165) is 35.8 Å². The Morgan fingerprint density at radius 2 is 1.72 bits per heavy atom. The van der Waals surface area contributed by atoms with Crippen LogP contribution in [-0.4, -0.2) is 61.0 Å². The zero-order chi connectivity index (χ0) is 31.7. The maximum atomic E-state index is 14.0. The molecule has 3 aromatic heterocycles. The molecule has 1 saturated heterocycles. The number of rotatable bonds is 9. The van der Waals surface area contributed by atoms with Crippen molar-refractivity contribution in [2.24, 2.45) is 0 Å². The standard InChI is InChI=1S/C34H32N6O5S/c1-23-6-13-27(14-7-23)46(41,42)40-22-29(30-4-3-5-32(36-30)39-16-18-44-19-17-39)28-20-25(10-15-31(28)40)33-37-38-34(45-33)35-21-24-8-11-26(43-2)12-9-24/h3-15,20,22H,16-19,21H2,1-2H3,(H,35,38). The average molecular weight is 637 g/mol. The van der Waals surface area contributed by atoms with Gasteiger partial charge in [0.15, 0.2) is 0 Å². The van der Waals surface area contributed by atoms with E-state index in [-0.39, 0.29) is 10.9 Å². The lowest BCUT2D eigenvalue weighted by atomic mass is 10.1. The highest BCUT2D eigenvalue weighted by Crippen LogP contribution is 2.36. The van der Waals surface area contributed by atoms with Gasteiger partial charge in [-0.3, -0.25) is 0 Å². The summed E-state index contributed by atoms with van der Waals surface area (Å²) in [5.41, 5.74) is 4.47. The summed E-state index contributed by atoms with van der Waals surface area (Å²) < 4.78 is 46.0. The Hall–Kier alpha value is -5.20. The fraction of sp³-hybridized carbons (Fsp3) is 0.206. The molecule has 0 bridgehead atoms. The van der Waals surface area contributed by atoms with Crippen molar-refractivity contribution in [3.05, 3.63) is 102 Å². The number of aromatic nitrogens is 4. The first-order valence-corrected chi connectivity index (χ1v) is 16.3. The molecule has 0 unspecified atom stereocenters. The maximum Gasteiger partial charge on any atom is 0.316 e. The summed E-state index contributed by atoms with van der Waals surface area (Å²) >= 11 is 0. The van der Waals surface area contributed by atoms with Gasteiger partial charge in [-0.15, -0.1) is 5.10 Å². The van der Waals surface area contributed by atoms with E-state index in [0.29, 0.717) is 53.4 Å². The summed E-state index contributed by atoms with van der Waals surface area (Å²) in [7, 11) is -2.29. The molecule has 0 aliphatic carbocycles. The van der Waals surface area contributed by atoms with Gasteiger partial charge in [0, 0.05) is 42.3 Å². The predicted molar refractivity (Wildman–Crippen MR) is 176 cm³/mol. The van der Waals surface area contributed by atoms with Crippen molar-refractivity contribution in [1.82, 2.24) is 19.2 Å². The van der Waals surface area contributed by atoms with Gasteiger partial charge in [0.05, 0.1) is 36.4 Å². The van der Waals surface area contributed by atoms with Crippen molar-refractivity contribution >= 4 is 32.8 Å². The van der Waals surface area contributed by atoms with Crippen LogP contribution >= 0.6 is 0 Å². The van der Waals surface area contributed by atoms with Crippen LogP contribution in [0.5, 0.6) is 5.75 Å². The zero-order valence-electron chi connectivity index (χ0n) is 25.4. The highest BCUT2D eigenvalue weighted by atomic mass is 32.2. The van der Waals surface area contributed by atoms with E-state index in [9.17, 15) is 8.42 Å². The second-order valence-corrected chi connectivity index (χ2v) is 12.8. The number of nitrogens with one attached hydrogen (secondary N) is 1. The smallest absolute Gasteiger partial charge is 0.316 e. The number of methoxy groups -OCH3 is 1. The quantitative estimate of drug-likeness (QED) is 0.210. The van der Waals surface area contributed by atoms with Crippen LogP contribution in [0, 0.1) is 6.92 Å². The minimum Gasteiger partial charge on any atom is -0.497 e. The van der Waals surface area contributed by atoms with Gasteiger partial charge in [0.1, 0.15) is 11.6 Å². The highest BCUT2D eigenvalue weighted by Gasteiger charge is 2.24. The van der Waals surface area contributed by atoms with Crippen LogP contribution in [0.3, 0.4) is 0 Å². The molecular weight excluding hydrogens is 604 g/mol. The number of nitrogens with zero attached hydrogens (tertiary/aromatic N) is 5. The van der Waals surface area contributed by atoms with Gasteiger partial charge in [0.2, 0.25) is 5.89 Å². The molecule has 3 aromatic carbocycles. The molecule has 0 saturated carbocycles. The van der Waals surface area contributed by atoms with E-state index in [4.69, 9.17) is 18.9 Å². The lowest BCUT2D eigenvalue weighted by Gasteiger charge is -2.28. The molecule has 1 N–H and O–H groups in total. The van der Waals surface area contributed by atoms with Crippen molar-refractivity contribution in [2.45, 2.75) is 18.4 Å². The fourth-order valence-electron chi connectivity index (χ4n) is 5.43. The SMILES string of the molecule is COc1ccc(CNc2nnc(-c3ccc4c(c3)c(-c3cccc(N5CCOCC5)n3)cn4S(=O)(=O)c3ccc(C)cc3)o2)cc1. The molecule has 12 heteroatoms. The summed E-state index contributed by atoms with van der Waals surface area (Å²) in [5, 5.41) is 12.3. The average Bonchev–Trinajstić information content (AvgIpc) is 3.74. The molecule has 0 amide bonds. The van der Waals surface area contributed by atoms with Crippen LogP contribution < -0.4 is 15.0 Å². The van der Waals surface area contributed by atoms with Crippen molar-refractivity contribution in [1.29, 1.82) is 0 Å². The number of morpholine rings is 1. The van der Waals surface area contributed by atoms with Crippen LogP contribution in [0.15, 0.2) is 100 Å². The Balaban J connectivity index is 1.27. The monoisotopic (exact) mass is 636 g/mol.